The van der Waals surface area contributed by atoms with Crippen molar-refractivity contribution in [1.82, 2.24) is 19.6 Å². The first kappa shape index (κ1) is 19.2. The van der Waals surface area contributed by atoms with Crippen LogP contribution in [0.5, 0.6) is 0 Å². The molecule has 0 amide bonds. The van der Waals surface area contributed by atoms with Crippen molar-refractivity contribution in [2.45, 2.75) is 11.8 Å². The Morgan fingerprint density at radius 2 is 1.62 bits per heavy atom. The molecule has 4 rings (SSSR count). The molecule has 0 spiro atoms. The molecule has 11 heteroatoms. The zero-order chi connectivity index (χ0) is 21.3. The molecule has 0 saturated carbocycles. The molecular formula is C18H16F5N5S. The number of hydrogen-bond acceptors (Lipinski definition) is 3. The van der Waals surface area contributed by atoms with Crippen LogP contribution in [0.1, 0.15) is 5.69 Å². The van der Waals surface area contributed by atoms with E-state index in [1.54, 1.807) is 36.1 Å². The highest BCUT2D eigenvalue weighted by Gasteiger charge is 2.65. The molecule has 0 radical (unpaired) electrons. The first-order valence-corrected chi connectivity index (χ1v) is 10.3. The average molecular weight is 429 g/mol. The number of rotatable bonds is 3. The van der Waals surface area contributed by atoms with E-state index in [2.05, 4.69) is 10.2 Å². The summed E-state index contributed by atoms with van der Waals surface area (Å²) >= 11 is 0. The smallest absolute Gasteiger partial charge is 0.310 e. The Kier molecular flexibility index (Phi) is 3.51. The minimum atomic E-state index is -9.74. The number of aryl methyl sites for hydroxylation is 1. The lowest BCUT2D eigenvalue weighted by Crippen LogP contribution is -2.06. The van der Waals surface area contributed by atoms with Crippen molar-refractivity contribution in [3.05, 3.63) is 54.4 Å². The zero-order valence-electron chi connectivity index (χ0n) is 15.3. The van der Waals surface area contributed by atoms with Crippen LogP contribution in [0, 0.1) is 6.92 Å². The predicted octanol–water partition coefficient (Wildman–Crippen LogP) is 5.97. The number of hydrogen-bond donors (Lipinski definition) is 1. The Morgan fingerprint density at radius 1 is 0.966 bits per heavy atom. The summed E-state index contributed by atoms with van der Waals surface area (Å²) in [6, 6.07) is 7.68. The van der Waals surface area contributed by atoms with Crippen molar-refractivity contribution in [2.75, 3.05) is 5.73 Å². The number of fused-ring (bicyclic) bond motifs is 1. The number of halogens is 5. The van der Waals surface area contributed by atoms with Crippen LogP contribution in [-0.2, 0) is 7.05 Å². The lowest BCUT2D eigenvalue weighted by molar-refractivity contribution is 0.364. The summed E-state index contributed by atoms with van der Waals surface area (Å²) in [4.78, 5) is -1.95. The lowest BCUT2D eigenvalue weighted by atomic mass is 10.1. The van der Waals surface area contributed by atoms with Crippen molar-refractivity contribution in [3.63, 3.8) is 0 Å². The molecule has 0 aliphatic rings. The normalized spacial score (nSPS) is 14.7. The molecule has 0 saturated heterocycles. The molecule has 0 fully saturated rings. The second-order valence-electron chi connectivity index (χ2n) is 6.77. The minimum Gasteiger partial charge on any atom is -0.399 e. The maximum absolute atomic E-state index is 13.0. The van der Waals surface area contributed by atoms with Gasteiger partial charge in [-0.2, -0.15) is 10.2 Å². The van der Waals surface area contributed by atoms with E-state index in [0.717, 1.165) is 23.4 Å². The standard InChI is InChI=1S/C18H16F5N5S/c1-11-16(10-25-27(11)2)18-15-9-12(24)3-8-17(15)28(26-18)13-4-6-14(7-5-13)29(19,20,21,22)23/h3-10H,24H2,1-2H3. The molecule has 2 aromatic heterocycles. The molecule has 0 bridgehead atoms. The van der Waals surface area contributed by atoms with E-state index in [1.165, 1.54) is 4.68 Å². The first-order chi connectivity index (χ1) is 13.2. The van der Waals surface area contributed by atoms with Gasteiger partial charge in [0.25, 0.3) is 0 Å². The summed E-state index contributed by atoms with van der Waals surface area (Å²) in [5.41, 5.74) is 9.25. The van der Waals surface area contributed by atoms with E-state index in [1.807, 2.05) is 6.92 Å². The fraction of sp³-hybridized carbons (Fsp3) is 0.111. The van der Waals surface area contributed by atoms with Gasteiger partial charge in [0.1, 0.15) is 10.6 Å². The maximum atomic E-state index is 13.0. The van der Waals surface area contributed by atoms with Crippen LogP contribution in [0.3, 0.4) is 0 Å². The highest BCUT2D eigenvalue weighted by molar-refractivity contribution is 8.45. The van der Waals surface area contributed by atoms with Crippen molar-refractivity contribution in [3.8, 4) is 16.9 Å². The van der Waals surface area contributed by atoms with Crippen molar-refractivity contribution in [2.24, 2.45) is 7.05 Å². The highest BCUT2D eigenvalue weighted by atomic mass is 32.5. The molecule has 2 aromatic carbocycles. The fourth-order valence-electron chi connectivity index (χ4n) is 3.11. The van der Waals surface area contributed by atoms with Gasteiger partial charge in [0.05, 0.1) is 17.4 Å². The highest BCUT2D eigenvalue weighted by Crippen LogP contribution is 3.02. The second kappa shape index (κ2) is 5.29. The van der Waals surface area contributed by atoms with Gasteiger partial charge in [-0.1, -0.05) is 19.4 Å². The van der Waals surface area contributed by atoms with Crippen LogP contribution < -0.4 is 5.73 Å². The molecular weight excluding hydrogens is 413 g/mol. The van der Waals surface area contributed by atoms with Gasteiger partial charge in [-0.3, -0.25) is 4.68 Å². The van der Waals surface area contributed by atoms with E-state index < -0.39 is 15.1 Å². The number of nitrogen functional groups attached to an aromatic ring is 1. The molecule has 154 valence electrons. The van der Waals surface area contributed by atoms with Gasteiger partial charge in [-0.05, 0) is 49.4 Å². The Morgan fingerprint density at radius 3 is 2.17 bits per heavy atom. The molecule has 5 nitrogen and oxygen atoms in total. The van der Waals surface area contributed by atoms with E-state index in [-0.39, 0.29) is 5.69 Å². The van der Waals surface area contributed by atoms with Crippen molar-refractivity contribution < 1.29 is 19.4 Å². The number of aromatic nitrogens is 4. The van der Waals surface area contributed by atoms with E-state index >= 15 is 0 Å². The quantitative estimate of drug-likeness (QED) is 0.322. The molecule has 2 N–H and O–H groups in total. The molecule has 4 aromatic rings. The first-order valence-electron chi connectivity index (χ1n) is 8.36. The topological polar surface area (TPSA) is 61.7 Å². The van der Waals surface area contributed by atoms with Crippen LogP contribution in [0.15, 0.2) is 53.6 Å². The minimum absolute atomic E-state index is 0.207. The lowest BCUT2D eigenvalue weighted by Gasteiger charge is -2.40. The molecule has 0 aliphatic heterocycles. The molecule has 29 heavy (non-hydrogen) atoms. The molecule has 0 atom stereocenters. The summed E-state index contributed by atoms with van der Waals surface area (Å²) in [6.07, 6.45) is 1.63. The number of nitrogens with two attached hydrogens (primary N) is 1. The molecule has 0 aliphatic carbocycles. The number of nitrogens with zero attached hydrogens (tertiary/aromatic N) is 4. The third-order valence-corrected chi connectivity index (χ3v) is 5.88. The van der Waals surface area contributed by atoms with Crippen LogP contribution in [0.25, 0.3) is 27.8 Å². The van der Waals surface area contributed by atoms with Crippen LogP contribution in [0.4, 0.5) is 25.1 Å². The van der Waals surface area contributed by atoms with E-state index in [9.17, 15) is 19.4 Å². The van der Waals surface area contributed by atoms with Gasteiger partial charge in [-0.25, -0.2) is 4.68 Å². The van der Waals surface area contributed by atoms with Crippen LogP contribution in [0.2, 0.25) is 0 Å². The SMILES string of the molecule is Cc1c(-c2nn(-c3ccc(S(F)(F)(F)(F)F)cc3)c3ccc(N)cc23)cnn1C. The third-order valence-electron chi connectivity index (χ3n) is 4.72. The monoisotopic (exact) mass is 429 g/mol. The summed E-state index contributed by atoms with van der Waals surface area (Å²) in [5.74, 6) is 0. The van der Waals surface area contributed by atoms with Gasteiger partial charge in [0, 0.05) is 29.4 Å². The predicted molar refractivity (Wildman–Crippen MR) is 104 cm³/mol. The Balaban J connectivity index is 1.93. The fourth-order valence-corrected chi connectivity index (χ4v) is 3.76. The summed E-state index contributed by atoms with van der Waals surface area (Å²) in [7, 11) is -7.97. The summed E-state index contributed by atoms with van der Waals surface area (Å²) in [5, 5.41) is 9.37. The van der Waals surface area contributed by atoms with Crippen LogP contribution in [-0.4, -0.2) is 19.6 Å². The van der Waals surface area contributed by atoms with Gasteiger partial charge < -0.3 is 5.73 Å². The Hall–Kier alpha value is -3.08. The van der Waals surface area contributed by atoms with Crippen molar-refractivity contribution in [1.29, 1.82) is 0 Å². The van der Waals surface area contributed by atoms with Crippen LogP contribution >= 0.6 is 10.2 Å². The Labute approximate surface area is 162 Å². The Bertz CT molecular complexity index is 1260. The summed E-state index contributed by atoms with van der Waals surface area (Å²) < 4.78 is 68.1. The van der Waals surface area contributed by atoms with E-state index in [0.29, 0.717) is 34.4 Å². The third kappa shape index (κ3) is 3.31. The van der Waals surface area contributed by atoms with Gasteiger partial charge >= 0.3 is 10.2 Å². The molecule has 0 unspecified atom stereocenters. The maximum Gasteiger partial charge on any atom is 0.310 e. The second-order valence-corrected chi connectivity index (χ2v) is 9.18. The van der Waals surface area contributed by atoms with Crippen molar-refractivity contribution >= 4 is 26.8 Å². The summed E-state index contributed by atoms with van der Waals surface area (Å²) in [6.45, 7) is 1.85. The number of anilines is 1. The number of benzene rings is 2. The van der Waals surface area contributed by atoms with E-state index in [4.69, 9.17) is 5.73 Å². The van der Waals surface area contributed by atoms with Gasteiger partial charge in [-0.15, -0.1) is 0 Å². The largest absolute Gasteiger partial charge is 0.399 e. The molecule has 2 heterocycles. The van der Waals surface area contributed by atoms with Gasteiger partial charge in [0.15, 0.2) is 0 Å². The zero-order valence-corrected chi connectivity index (χ0v) is 16.1. The average Bonchev–Trinajstić information content (AvgIpc) is 3.13. The van der Waals surface area contributed by atoms with Gasteiger partial charge in [0.2, 0.25) is 0 Å².